The Kier molecular flexibility index (Phi) is 2.22. The highest BCUT2D eigenvalue weighted by Gasteiger charge is 2.12. The number of halogens is 1. The molecule has 2 aromatic rings. The van der Waals surface area contributed by atoms with Crippen LogP contribution in [0.25, 0.3) is 10.9 Å². The second-order valence-corrected chi connectivity index (χ2v) is 3.16. The first-order chi connectivity index (χ1) is 7.22. The predicted octanol–water partition coefficient (Wildman–Crippen LogP) is 2.40. The predicted molar refractivity (Wildman–Crippen MR) is 52.8 cm³/mol. The summed E-state index contributed by atoms with van der Waals surface area (Å²) in [6, 6.07) is 6.18. The van der Waals surface area contributed by atoms with Crippen LogP contribution in [0.4, 0.5) is 4.39 Å². The summed E-state index contributed by atoms with van der Waals surface area (Å²) in [6.07, 6.45) is 1.37. The van der Waals surface area contributed by atoms with Gasteiger partial charge in [-0.2, -0.15) is 5.26 Å². The van der Waals surface area contributed by atoms with Crippen LogP contribution < -0.4 is 0 Å². The number of nitrogens with zero attached hydrogens (tertiary/aromatic N) is 1. The van der Waals surface area contributed by atoms with E-state index in [0.29, 0.717) is 5.52 Å². The number of ketones is 1. The van der Waals surface area contributed by atoms with Crippen LogP contribution in [0.1, 0.15) is 16.8 Å². The molecule has 0 bridgehead atoms. The van der Waals surface area contributed by atoms with Gasteiger partial charge in [-0.15, -0.1) is 0 Å². The third-order valence-corrected chi connectivity index (χ3v) is 2.18. The number of H-pyrrole nitrogens is 1. The molecule has 3 nitrogen and oxygen atoms in total. The molecule has 74 valence electrons. The van der Waals surface area contributed by atoms with E-state index < -0.39 is 11.6 Å². The normalized spacial score (nSPS) is 10.1. The van der Waals surface area contributed by atoms with E-state index in [2.05, 4.69) is 4.98 Å². The molecule has 0 atom stereocenters. The maximum absolute atomic E-state index is 13.4. The summed E-state index contributed by atoms with van der Waals surface area (Å²) in [6.45, 7) is 0. The number of Topliss-reactive ketones (excluding diaryl/α,β-unsaturated/α-hetero) is 1. The fourth-order valence-electron chi connectivity index (χ4n) is 1.45. The van der Waals surface area contributed by atoms with E-state index in [0.717, 1.165) is 5.39 Å². The van der Waals surface area contributed by atoms with Gasteiger partial charge in [-0.1, -0.05) is 0 Å². The molecule has 0 aliphatic rings. The van der Waals surface area contributed by atoms with Crippen LogP contribution in [-0.2, 0) is 0 Å². The van der Waals surface area contributed by atoms with Crippen LogP contribution in [0.2, 0.25) is 0 Å². The summed E-state index contributed by atoms with van der Waals surface area (Å²) in [7, 11) is 0. The number of rotatable bonds is 2. The topological polar surface area (TPSA) is 56.6 Å². The van der Waals surface area contributed by atoms with Gasteiger partial charge in [0.05, 0.1) is 18.1 Å². The number of hydrogen-bond donors (Lipinski definition) is 1. The number of benzene rings is 1. The Hall–Kier alpha value is -2.15. The van der Waals surface area contributed by atoms with Crippen molar-refractivity contribution in [2.24, 2.45) is 0 Å². The molecule has 1 N–H and O–H groups in total. The Bertz CT molecular complexity index is 565. The first-order valence-corrected chi connectivity index (χ1v) is 4.39. The van der Waals surface area contributed by atoms with Crippen molar-refractivity contribution in [3.63, 3.8) is 0 Å². The number of carbonyl (C=O) groups excluding carboxylic acids is 1. The monoisotopic (exact) mass is 202 g/mol. The lowest BCUT2D eigenvalue weighted by Crippen LogP contribution is -2.00. The average molecular weight is 202 g/mol. The molecule has 0 amide bonds. The van der Waals surface area contributed by atoms with E-state index in [1.54, 1.807) is 18.3 Å². The van der Waals surface area contributed by atoms with E-state index in [1.807, 2.05) is 0 Å². The molecule has 2 rings (SSSR count). The van der Waals surface area contributed by atoms with Crippen molar-refractivity contribution in [1.29, 1.82) is 5.26 Å². The van der Waals surface area contributed by atoms with Crippen LogP contribution in [0.15, 0.2) is 24.4 Å². The zero-order valence-electron chi connectivity index (χ0n) is 7.75. The number of fused-ring (bicyclic) bond motifs is 1. The molecular formula is C11H7FN2O. The highest BCUT2D eigenvalue weighted by atomic mass is 19.1. The van der Waals surface area contributed by atoms with Crippen molar-refractivity contribution in [1.82, 2.24) is 4.98 Å². The van der Waals surface area contributed by atoms with Gasteiger partial charge in [0.25, 0.3) is 0 Å². The molecular weight excluding hydrogens is 195 g/mol. The van der Waals surface area contributed by atoms with Crippen molar-refractivity contribution in [2.45, 2.75) is 6.42 Å². The van der Waals surface area contributed by atoms with Gasteiger partial charge in [-0.25, -0.2) is 4.39 Å². The summed E-state index contributed by atoms with van der Waals surface area (Å²) >= 11 is 0. The molecule has 0 unspecified atom stereocenters. The molecule has 0 radical (unpaired) electrons. The number of nitriles is 1. The Morgan fingerprint density at radius 3 is 3.07 bits per heavy atom. The third kappa shape index (κ3) is 1.59. The number of hydrogen-bond acceptors (Lipinski definition) is 2. The highest BCUT2D eigenvalue weighted by molar-refractivity contribution is 6.00. The Labute approximate surface area is 85.1 Å². The smallest absolute Gasteiger partial charge is 0.179 e. The summed E-state index contributed by atoms with van der Waals surface area (Å²) in [5.74, 6) is -1.08. The standard InChI is InChI=1S/C11H7FN2O/c12-9-6-10-7(2-4-14-10)5-8(9)11(15)1-3-13/h2,4-6,14H,1H2. The van der Waals surface area contributed by atoms with E-state index in [9.17, 15) is 9.18 Å². The van der Waals surface area contributed by atoms with Gasteiger partial charge in [-0.05, 0) is 18.2 Å². The molecule has 0 spiro atoms. The van der Waals surface area contributed by atoms with Gasteiger partial charge in [-0.3, -0.25) is 4.79 Å². The van der Waals surface area contributed by atoms with Gasteiger partial charge >= 0.3 is 0 Å². The van der Waals surface area contributed by atoms with Crippen molar-refractivity contribution >= 4 is 16.7 Å². The molecule has 4 heteroatoms. The van der Waals surface area contributed by atoms with E-state index in [-0.39, 0.29) is 12.0 Å². The fraction of sp³-hybridized carbons (Fsp3) is 0.0909. The largest absolute Gasteiger partial charge is 0.361 e. The average Bonchev–Trinajstić information content (AvgIpc) is 2.63. The second-order valence-electron chi connectivity index (χ2n) is 3.16. The lowest BCUT2D eigenvalue weighted by Gasteiger charge is -1.99. The van der Waals surface area contributed by atoms with Crippen LogP contribution in [0, 0.1) is 17.1 Å². The van der Waals surface area contributed by atoms with Crippen molar-refractivity contribution in [3.8, 4) is 6.07 Å². The molecule has 0 fully saturated rings. The zero-order valence-corrected chi connectivity index (χ0v) is 7.75. The van der Waals surface area contributed by atoms with E-state index in [1.165, 1.54) is 12.1 Å². The van der Waals surface area contributed by atoms with Gasteiger partial charge in [0.2, 0.25) is 0 Å². The maximum Gasteiger partial charge on any atom is 0.179 e. The first kappa shape index (κ1) is 9.41. The number of carbonyl (C=O) groups is 1. The summed E-state index contributed by atoms with van der Waals surface area (Å²) in [4.78, 5) is 14.2. The summed E-state index contributed by atoms with van der Waals surface area (Å²) in [5.41, 5.74) is 0.615. The van der Waals surface area contributed by atoms with Gasteiger partial charge in [0.1, 0.15) is 5.82 Å². The molecule has 0 saturated heterocycles. The Morgan fingerprint density at radius 2 is 2.33 bits per heavy atom. The molecule has 1 aromatic carbocycles. The second kappa shape index (κ2) is 3.54. The van der Waals surface area contributed by atoms with Crippen LogP contribution >= 0.6 is 0 Å². The zero-order chi connectivity index (χ0) is 10.8. The highest BCUT2D eigenvalue weighted by Crippen LogP contribution is 2.19. The van der Waals surface area contributed by atoms with Crippen molar-refractivity contribution in [2.75, 3.05) is 0 Å². The minimum atomic E-state index is -0.592. The van der Waals surface area contributed by atoms with Crippen LogP contribution in [0.5, 0.6) is 0 Å². The van der Waals surface area contributed by atoms with Gasteiger partial charge in [0, 0.05) is 17.1 Å². The Morgan fingerprint density at radius 1 is 1.53 bits per heavy atom. The fourth-order valence-corrected chi connectivity index (χ4v) is 1.45. The molecule has 0 aliphatic carbocycles. The minimum absolute atomic E-state index is 0.0244. The molecule has 0 saturated carbocycles. The molecule has 0 aliphatic heterocycles. The number of aromatic nitrogens is 1. The Balaban J connectivity index is 2.56. The number of nitrogens with one attached hydrogen (secondary N) is 1. The van der Waals surface area contributed by atoms with Crippen molar-refractivity contribution in [3.05, 3.63) is 35.8 Å². The van der Waals surface area contributed by atoms with Crippen LogP contribution in [-0.4, -0.2) is 10.8 Å². The minimum Gasteiger partial charge on any atom is -0.361 e. The van der Waals surface area contributed by atoms with Gasteiger partial charge in [0.15, 0.2) is 5.78 Å². The lowest BCUT2D eigenvalue weighted by molar-refractivity contribution is 0.0994. The summed E-state index contributed by atoms with van der Waals surface area (Å²) < 4.78 is 13.4. The SMILES string of the molecule is N#CCC(=O)c1cc2cc[nH]c2cc1F. The van der Waals surface area contributed by atoms with E-state index in [4.69, 9.17) is 5.26 Å². The molecule has 15 heavy (non-hydrogen) atoms. The van der Waals surface area contributed by atoms with Crippen LogP contribution in [0.3, 0.4) is 0 Å². The third-order valence-electron chi connectivity index (χ3n) is 2.18. The maximum atomic E-state index is 13.4. The van der Waals surface area contributed by atoms with Gasteiger partial charge < -0.3 is 4.98 Å². The molecule has 1 heterocycles. The van der Waals surface area contributed by atoms with Crippen molar-refractivity contribution < 1.29 is 9.18 Å². The lowest BCUT2D eigenvalue weighted by atomic mass is 10.1. The number of aromatic amines is 1. The first-order valence-electron chi connectivity index (χ1n) is 4.39. The van der Waals surface area contributed by atoms with E-state index >= 15 is 0 Å². The molecule has 1 aromatic heterocycles. The summed E-state index contributed by atoms with van der Waals surface area (Å²) in [5, 5.41) is 9.12. The quantitative estimate of drug-likeness (QED) is 0.760.